The lowest BCUT2D eigenvalue weighted by molar-refractivity contribution is -0.384. The summed E-state index contributed by atoms with van der Waals surface area (Å²) in [5.41, 5.74) is -0.439. The molecule has 0 aliphatic carbocycles. The third-order valence-electron chi connectivity index (χ3n) is 2.40. The number of halogens is 3. The van der Waals surface area contributed by atoms with Gasteiger partial charge in [0.1, 0.15) is 6.54 Å². The van der Waals surface area contributed by atoms with Crippen LogP contribution in [0.3, 0.4) is 0 Å². The van der Waals surface area contributed by atoms with Gasteiger partial charge in [0, 0.05) is 30.4 Å². The van der Waals surface area contributed by atoms with Crippen LogP contribution in [0.1, 0.15) is 17.3 Å². The number of nitrogens with zero attached hydrogens (tertiary/aromatic N) is 2. The molecule has 1 aromatic rings. The maximum Gasteiger partial charge on any atom is 0.405 e. The van der Waals surface area contributed by atoms with Crippen molar-refractivity contribution >= 4 is 17.2 Å². The van der Waals surface area contributed by atoms with E-state index < -0.39 is 23.4 Å². The van der Waals surface area contributed by atoms with Crippen molar-refractivity contribution in [1.82, 2.24) is 0 Å². The molecule has 0 unspecified atom stereocenters. The van der Waals surface area contributed by atoms with E-state index in [0.717, 1.165) is 30.0 Å². The van der Waals surface area contributed by atoms with Crippen molar-refractivity contribution in [3.8, 4) is 0 Å². The maximum absolute atomic E-state index is 12.3. The summed E-state index contributed by atoms with van der Waals surface area (Å²) in [4.78, 5) is 22.1. The van der Waals surface area contributed by atoms with Crippen molar-refractivity contribution in [3.63, 3.8) is 0 Å². The Morgan fingerprint density at radius 1 is 1.42 bits per heavy atom. The Morgan fingerprint density at radius 2 is 2.00 bits per heavy atom. The fraction of sp³-hybridized carbons (Fsp3) is 0.364. The fourth-order valence-corrected chi connectivity index (χ4v) is 1.61. The van der Waals surface area contributed by atoms with Crippen LogP contribution in [0, 0.1) is 10.1 Å². The van der Waals surface area contributed by atoms with Crippen molar-refractivity contribution in [2.75, 3.05) is 18.5 Å². The average molecular weight is 276 g/mol. The molecule has 104 valence electrons. The van der Waals surface area contributed by atoms with E-state index in [9.17, 15) is 28.1 Å². The predicted molar refractivity (Wildman–Crippen MR) is 62.4 cm³/mol. The highest BCUT2D eigenvalue weighted by Gasteiger charge is 2.30. The second-order valence-corrected chi connectivity index (χ2v) is 3.99. The molecule has 0 saturated heterocycles. The Bertz CT molecular complexity index is 514. The molecule has 1 aromatic carbocycles. The molecule has 0 aliphatic rings. The molecule has 0 aromatic heterocycles. The summed E-state index contributed by atoms with van der Waals surface area (Å²) in [5, 5.41) is 10.6. The van der Waals surface area contributed by atoms with Crippen LogP contribution < -0.4 is 4.90 Å². The van der Waals surface area contributed by atoms with E-state index in [-0.39, 0.29) is 16.9 Å². The average Bonchev–Trinajstić information content (AvgIpc) is 2.25. The zero-order valence-electron chi connectivity index (χ0n) is 10.2. The van der Waals surface area contributed by atoms with E-state index in [2.05, 4.69) is 0 Å². The maximum atomic E-state index is 12.3. The highest BCUT2D eigenvalue weighted by molar-refractivity contribution is 6.00. The topological polar surface area (TPSA) is 63.4 Å². The second-order valence-electron chi connectivity index (χ2n) is 3.99. The number of benzene rings is 1. The Hall–Kier alpha value is -2.12. The smallest absolute Gasteiger partial charge is 0.365 e. The van der Waals surface area contributed by atoms with E-state index in [1.165, 1.54) is 7.05 Å². The van der Waals surface area contributed by atoms with Crippen LogP contribution in [0.2, 0.25) is 0 Å². The number of Topliss-reactive ketones (excluding diaryl/α,β-unsaturated/α-hetero) is 1. The highest BCUT2D eigenvalue weighted by Crippen LogP contribution is 2.27. The fourth-order valence-electron chi connectivity index (χ4n) is 1.61. The van der Waals surface area contributed by atoms with Crippen LogP contribution in [-0.4, -0.2) is 30.5 Å². The predicted octanol–water partition coefficient (Wildman–Crippen LogP) is 2.80. The van der Waals surface area contributed by atoms with E-state index in [1.54, 1.807) is 0 Å². The lowest BCUT2D eigenvalue weighted by atomic mass is 10.1. The lowest BCUT2D eigenvalue weighted by Gasteiger charge is -2.22. The van der Waals surface area contributed by atoms with Crippen molar-refractivity contribution in [2.45, 2.75) is 13.1 Å². The number of hydrogen-bond acceptors (Lipinski definition) is 4. The van der Waals surface area contributed by atoms with Gasteiger partial charge in [-0.3, -0.25) is 14.9 Å². The van der Waals surface area contributed by atoms with Crippen LogP contribution in [0.5, 0.6) is 0 Å². The summed E-state index contributed by atoms with van der Waals surface area (Å²) in [6, 6.07) is 3.18. The van der Waals surface area contributed by atoms with Crippen LogP contribution in [0.15, 0.2) is 18.2 Å². The van der Waals surface area contributed by atoms with Gasteiger partial charge in [-0.1, -0.05) is 0 Å². The molecule has 1 rings (SSSR count). The van der Waals surface area contributed by atoms with Gasteiger partial charge in [-0.25, -0.2) is 0 Å². The molecular weight excluding hydrogens is 265 g/mol. The zero-order chi connectivity index (χ0) is 14.8. The minimum Gasteiger partial charge on any atom is -0.365 e. The molecule has 0 radical (unpaired) electrons. The molecule has 8 heteroatoms. The summed E-state index contributed by atoms with van der Waals surface area (Å²) >= 11 is 0. The number of alkyl halides is 3. The molecule has 0 saturated carbocycles. The normalized spacial score (nSPS) is 11.2. The molecule has 0 bridgehead atoms. The largest absolute Gasteiger partial charge is 0.405 e. The van der Waals surface area contributed by atoms with Gasteiger partial charge in [-0.15, -0.1) is 0 Å². The monoisotopic (exact) mass is 276 g/mol. The first-order valence-corrected chi connectivity index (χ1v) is 5.19. The van der Waals surface area contributed by atoms with Crippen LogP contribution >= 0.6 is 0 Å². The molecule has 0 atom stereocenters. The second kappa shape index (κ2) is 5.25. The number of carbonyl (C=O) groups excluding carboxylic acids is 1. The Kier molecular flexibility index (Phi) is 4.13. The minimum atomic E-state index is -4.43. The van der Waals surface area contributed by atoms with Gasteiger partial charge in [0.15, 0.2) is 5.78 Å². The van der Waals surface area contributed by atoms with Gasteiger partial charge in [0.05, 0.1) is 4.92 Å². The number of carbonyl (C=O) groups is 1. The molecular formula is C11H11F3N2O3. The van der Waals surface area contributed by atoms with Gasteiger partial charge in [0.25, 0.3) is 5.69 Å². The zero-order valence-corrected chi connectivity index (χ0v) is 10.2. The molecule has 0 aliphatic heterocycles. The molecule has 0 heterocycles. The minimum absolute atomic E-state index is 0.00965. The number of rotatable bonds is 4. The van der Waals surface area contributed by atoms with Crippen LogP contribution in [0.25, 0.3) is 0 Å². The first-order valence-electron chi connectivity index (χ1n) is 5.19. The number of anilines is 1. The molecule has 0 N–H and O–H groups in total. The van der Waals surface area contributed by atoms with Crippen molar-refractivity contribution in [1.29, 1.82) is 0 Å². The van der Waals surface area contributed by atoms with E-state index in [0.29, 0.717) is 0 Å². The van der Waals surface area contributed by atoms with Gasteiger partial charge >= 0.3 is 6.18 Å². The molecule has 19 heavy (non-hydrogen) atoms. The van der Waals surface area contributed by atoms with Gasteiger partial charge < -0.3 is 4.90 Å². The number of ketones is 1. The van der Waals surface area contributed by atoms with Gasteiger partial charge in [-0.05, 0) is 13.0 Å². The molecule has 5 nitrogen and oxygen atoms in total. The number of nitro benzene ring substituents is 1. The summed E-state index contributed by atoms with van der Waals surface area (Å²) < 4.78 is 36.9. The van der Waals surface area contributed by atoms with E-state index in [4.69, 9.17) is 0 Å². The highest BCUT2D eigenvalue weighted by atomic mass is 19.4. The van der Waals surface area contributed by atoms with E-state index in [1.807, 2.05) is 0 Å². The Labute approximate surface area is 106 Å². The summed E-state index contributed by atoms with van der Waals surface area (Å²) in [5.74, 6) is -0.535. The molecule has 0 spiro atoms. The summed E-state index contributed by atoms with van der Waals surface area (Å²) in [6.07, 6.45) is -4.43. The SMILES string of the molecule is CC(=O)c1cc([N+](=O)[O-])ccc1N(C)CC(F)(F)F. The summed E-state index contributed by atoms with van der Waals surface area (Å²) in [6.45, 7) is -0.102. The lowest BCUT2D eigenvalue weighted by Crippen LogP contribution is -2.31. The number of hydrogen-bond donors (Lipinski definition) is 0. The third kappa shape index (κ3) is 3.94. The quantitative estimate of drug-likeness (QED) is 0.482. The summed E-state index contributed by atoms with van der Waals surface area (Å²) in [7, 11) is 1.17. The van der Waals surface area contributed by atoms with Crippen molar-refractivity contribution in [2.24, 2.45) is 0 Å². The van der Waals surface area contributed by atoms with Crippen molar-refractivity contribution < 1.29 is 22.9 Å². The number of non-ortho nitro benzene ring substituents is 1. The van der Waals surface area contributed by atoms with Crippen LogP contribution in [-0.2, 0) is 0 Å². The first kappa shape index (κ1) is 14.9. The van der Waals surface area contributed by atoms with Crippen LogP contribution in [0.4, 0.5) is 24.5 Å². The standard InChI is InChI=1S/C11H11F3N2O3/c1-7(17)9-5-8(16(18)19)3-4-10(9)15(2)6-11(12,13)14/h3-5H,6H2,1-2H3. The van der Waals surface area contributed by atoms with Gasteiger partial charge in [-0.2, -0.15) is 13.2 Å². The molecule has 0 amide bonds. The van der Waals surface area contributed by atoms with E-state index >= 15 is 0 Å². The van der Waals surface area contributed by atoms with Crippen molar-refractivity contribution in [3.05, 3.63) is 33.9 Å². The Balaban J connectivity index is 3.20. The number of nitro groups is 1. The third-order valence-corrected chi connectivity index (χ3v) is 2.40. The first-order chi connectivity index (χ1) is 8.61. The van der Waals surface area contributed by atoms with Gasteiger partial charge in [0.2, 0.25) is 0 Å². The Morgan fingerprint density at radius 3 is 2.42 bits per heavy atom. The molecule has 0 fully saturated rings.